The zero-order valence-electron chi connectivity index (χ0n) is 14.4. The van der Waals surface area contributed by atoms with Crippen molar-refractivity contribution in [3.8, 4) is 5.75 Å². The fourth-order valence-corrected chi connectivity index (χ4v) is 5.01. The summed E-state index contributed by atoms with van der Waals surface area (Å²) in [6.45, 7) is 0. The van der Waals surface area contributed by atoms with E-state index < -0.39 is 20.0 Å². The maximum atomic E-state index is 12.7. The summed E-state index contributed by atoms with van der Waals surface area (Å²) in [7, 11) is -5.90. The molecule has 0 heterocycles. The van der Waals surface area contributed by atoms with Gasteiger partial charge in [0.25, 0.3) is 10.0 Å². The Hall–Kier alpha value is -2.26. The van der Waals surface area contributed by atoms with Gasteiger partial charge < -0.3 is 4.74 Å². The average molecular weight is 396 g/mol. The Morgan fingerprint density at radius 1 is 1.00 bits per heavy atom. The van der Waals surface area contributed by atoms with Crippen molar-refractivity contribution in [2.45, 2.75) is 23.8 Å². The van der Waals surface area contributed by atoms with Crippen molar-refractivity contribution in [1.82, 2.24) is 0 Å². The van der Waals surface area contributed by atoms with Crippen molar-refractivity contribution < 1.29 is 21.6 Å². The molecule has 0 radical (unpaired) electrons. The minimum absolute atomic E-state index is 0.0606. The molecule has 0 atom stereocenters. The second-order valence-corrected chi connectivity index (χ2v) is 9.63. The van der Waals surface area contributed by atoms with Gasteiger partial charge in [-0.2, -0.15) is 0 Å². The van der Waals surface area contributed by atoms with E-state index in [9.17, 15) is 16.8 Å². The van der Waals surface area contributed by atoms with Gasteiger partial charge in [0.05, 0.1) is 29.6 Å². The number of nitrogens with zero attached hydrogens (tertiary/aromatic N) is 1. The van der Waals surface area contributed by atoms with E-state index in [1.54, 1.807) is 36.4 Å². The first-order valence-electron chi connectivity index (χ1n) is 7.98. The van der Waals surface area contributed by atoms with Gasteiger partial charge in [-0.3, -0.25) is 9.03 Å². The molecule has 0 aromatic heterocycles. The van der Waals surface area contributed by atoms with Gasteiger partial charge >= 0.3 is 0 Å². The SMILES string of the molecule is COc1ccc(S(=O)(=O)Nc2ccccc2N(C2CC2)S(C)(=O)=O)cc1. The van der Waals surface area contributed by atoms with Gasteiger partial charge in [0.1, 0.15) is 5.75 Å². The average Bonchev–Trinajstić information content (AvgIpc) is 3.40. The van der Waals surface area contributed by atoms with E-state index in [-0.39, 0.29) is 16.6 Å². The van der Waals surface area contributed by atoms with Crippen LogP contribution in [0.3, 0.4) is 0 Å². The smallest absolute Gasteiger partial charge is 0.261 e. The van der Waals surface area contributed by atoms with E-state index in [0.717, 1.165) is 19.1 Å². The van der Waals surface area contributed by atoms with Crippen LogP contribution in [0.4, 0.5) is 11.4 Å². The topological polar surface area (TPSA) is 92.8 Å². The molecule has 1 N–H and O–H groups in total. The second kappa shape index (κ2) is 6.81. The van der Waals surface area contributed by atoms with Crippen LogP contribution in [-0.2, 0) is 20.0 Å². The molecule has 26 heavy (non-hydrogen) atoms. The summed E-state index contributed by atoms with van der Waals surface area (Å²) in [5.74, 6) is 0.543. The highest BCUT2D eigenvalue weighted by Crippen LogP contribution is 2.38. The Morgan fingerprint density at radius 3 is 2.15 bits per heavy atom. The number of methoxy groups -OCH3 is 1. The molecule has 7 nitrogen and oxygen atoms in total. The summed E-state index contributed by atoms with van der Waals surface area (Å²) >= 11 is 0. The molecule has 1 aliphatic carbocycles. The third-order valence-corrected chi connectivity index (χ3v) is 6.58. The Bertz CT molecular complexity index is 998. The van der Waals surface area contributed by atoms with E-state index in [1.165, 1.54) is 23.5 Å². The van der Waals surface area contributed by atoms with Crippen molar-refractivity contribution in [2.75, 3.05) is 22.4 Å². The van der Waals surface area contributed by atoms with Gasteiger partial charge in [0.2, 0.25) is 10.0 Å². The summed E-state index contributed by atoms with van der Waals surface area (Å²) in [5, 5.41) is 0. The zero-order valence-corrected chi connectivity index (χ0v) is 16.0. The molecule has 1 aliphatic rings. The van der Waals surface area contributed by atoms with E-state index in [2.05, 4.69) is 4.72 Å². The van der Waals surface area contributed by atoms with Crippen LogP contribution in [0.5, 0.6) is 5.75 Å². The fraction of sp³-hybridized carbons (Fsp3) is 0.294. The van der Waals surface area contributed by atoms with Crippen LogP contribution < -0.4 is 13.8 Å². The van der Waals surface area contributed by atoms with Crippen LogP contribution in [0.2, 0.25) is 0 Å². The first kappa shape index (κ1) is 18.5. The highest BCUT2D eigenvalue weighted by atomic mass is 32.2. The van der Waals surface area contributed by atoms with Gasteiger partial charge in [0, 0.05) is 6.04 Å². The van der Waals surface area contributed by atoms with E-state index in [4.69, 9.17) is 4.74 Å². The van der Waals surface area contributed by atoms with Crippen LogP contribution >= 0.6 is 0 Å². The number of hydrogen-bond acceptors (Lipinski definition) is 5. The molecular weight excluding hydrogens is 376 g/mol. The van der Waals surface area contributed by atoms with Crippen molar-refractivity contribution in [3.05, 3.63) is 48.5 Å². The number of sulfonamides is 2. The molecule has 1 fully saturated rings. The molecule has 0 saturated heterocycles. The van der Waals surface area contributed by atoms with Crippen LogP contribution in [-0.4, -0.2) is 36.2 Å². The Kier molecular flexibility index (Phi) is 4.85. The molecule has 0 bridgehead atoms. The number of nitrogens with one attached hydrogen (secondary N) is 1. The second-order valence-electron chi connectivity index (χ2n) is 6.09. The normalized spacial score (nSPS) is 14.7. The van der Waals surface area contributed by atoms with E-state index in [0.29, 0.717) is 11.4 Å². The number of para-hydroxylation sites is 2. The van der Waals surface area contributed by atoms with Gasteiger partial charge in [0.15, 0.2) is 0 Å². The minimum atomic E-state index is -3.87. The zero-order chi connectivity index (χ0) is 18.9. The van der Waals surface area contributed by atoms with Crippen molar-refractivity contribution in [2.24, 2.45) is 0 Å². The fourth-order valence-electron chi connectivity index (χ4n) is 2.67. The lowest BCUT2D eigenvalue weighted by Crippen LogP contribution is -2.33. The Labute approximate surface area is 153 Å². The highest BCUT2D eigenvalue weighted by Gasteiger charge is 2.36. The van der Waals surface area contributed by atoms with Crippen LogP contribution in [0.25, 0.3) is 0 Å². The van der Waals surface area contributed by atoms with Crippen LogP contribution in [0, 0.1) is 0 Å². The molecule has 3 rings (SSSR count). The standard InChI is InChI=1S/C17H20N2O5S2/c1-24-14-9-11-15(12-10-14)26(22,23)18-16-5-3-4-6-17(16)19(13-7-8-13)25(2,20)21/h3-6,9-13,18H,7-8H2,1-2H3. The lowest BCUT2D eigenvalue weighted by atomic mass is 10.2. The third kappa shape index (κ3) is 3.94. The van der Waals surface area contributed by atoms with Gasteiger partial charge in [-0.05, 0) is 49.2 Å². The summed E-state index contributed by atoms with van der Waals surface area (Å²) < 4.78 is 58.6. The lowest BCUT2D eigenvalue weighted by Gasteiger charge is -2.25. The van der Waals surface area contributed by atoms with E-state index >= 15 is 0 Å². The molecule has 0 unspecified atom stereocenters. The molecule has 9 heteroatoms. The predicted molar refractivity (Wildman–Crippen MR) is 101 cm³/mol. The first-order chi connectivity index (χ1) is 12.2. The van der Waals surface area contributed by atoms with Crippen LogP contribution in [0.1, 0.15) is 12.8 Å². The number of rotatable bonds is 7. The summed E-state index contributed by atoms with van der Waals surface area (Å²) in [4.78, 5) is 0.0606. The molecule has 0 amide bonds. The van der Waals surface area contributed by atoms with Gasteiger partial charge in [-0.1, -0.05) is 12.1 Å². The third-order valence-electron chi connectivity index (χ3n) is 3.99. The number of anilines is 2. The minimum Gasteiger partial charge on any atom is -0.497 e. The maximum Gasteiger partial charge on any atom is 0.261 e. The molecule has 0 aliphatic heterocycles. The number of hydrogen-bond donors (Lipinski definition) is 1. The Morgan fingerprint density at radius 2 is 1.62 bits per heavy atom. The first-order valence-corrected chi connectivity index (χ1v) is 11.3. The predicted octanol–water partition coefficient (Wildman–Crippen LogP) is 2.42. The number of benzene rings is 2. The van der Waals surface area contributed by atoms with Crippen molar-refractivity contribution >= 4 is 31.4 Å². The largest absolute Gasteiger partial charge is 0.497 e. The van der Waals surface area contributed by atoms with Gasteiger partial charge in [-0.15, -0.1) is 0 Å². The summed E-state index contributed by atoms with van der Waals surface area (Å²) in [6.07, 6.45) is 2.64. The lowest BCUT2D eigenvalue weighted by molar-refractivity contribution is 0.414. The molecule has 140 valence electrons. The molecule has 2 aromatic rings. The van der Waals surface area contributed by atoms with Crippen LogP contribution in [0.15, 0.2) is 53.4 Å². The van der Waals surface area contributed by atoms with Crippen molar-refractivity contribution in [1.29, 1.82) is 0 Å². The molecule has 0 spiro atoms. The maximum absolute atomic E-state index is 12.7. The van der Waals surface area contributed by atoms with E-state index in [1.807, 2.05) is 0 Å². The summed E-state index contributed by atoms with van der Waals surface area (Å²) in [6, 6.07) is 12.3. The monoisotopic (exact) mass is 396 g/mol. The summed E-state index contributed by atoms with van der Waals surface area (Å²) in [5.41, 5.74) is 0.551. The molecule has 2 aromatic carbocycles. The van der Waals surface area contributed by atoms with Gasteiger partial charge in [-0.25, -0.2) is 16.8 Å². The molecule has 1 saturated carbocycles. The van der Waals surface area contributed by atoms with Crippen molar-refractivity contribution in [3.63, 3.8) is 0 Å². The Balaban J connectivity index is 1.97. The quantitative estimate of drug-likeness (QED) is 0.776. The number of ether oxygens (including phenoxy) is 1. The highest BCUT2D eigenvalue weighted by molar-refractivity contribution is 7.93. The molecular formula is C17H20N2O5S2.